The molecule has 180 valence electrons. The summed E-state index contributed by atoms with van der Waals surface area (Å²) in [6.45, 7) is -0.914. The van der Waals surface area contributed by atoms with Gasteiger partial charge >= 0.3 is 35.5 Å². The van der Waals surface area contributed by atoms with Crippen LogP contribution in [0, 0.1) is 5.92 Å². The zero-order valence-electron chi connectivity index (χ0n) is 15.4. The van der Waals surface area contributed by atoms with Gasteiger partial charge in [-0.2, -0.15) is 52.7 Å². The van der Waals surface area contributed by atoms with Crippen molar-refractivity contribution in [1.29, 1.82) is 0 Å². The molecule has 14 heteroatoms. The minimum atomic E-state index is -7.59. The van der Waals surface area contributed by atoms with Crippen molar-refractivity contribution in [2.24, 2.45) is 5.92 Å². The number of rotatable bonds is 13. The molecule has 0 aliphatic rings. The van der Waals surface area contributed by atoms with Gasteiger partial charge in [0.05, 0.1) is 0 Å². The van der Waals surface area contributed by atoms with Crippen LogP contribution in [0.25, 0.3) is 0 Å². The van der Waals surface area contributed by atoms with Gasteiger partial charge in [-0.1, -0.05) is 12.2 Å². The quantitative estimate of drug-likeness (QED) is 0.273. The van der Waals surface area contributed by atoms with Gasteiger partial charge in [0.2, 0.25) is 0 Å². The molecule has 0 aromatic heterocycles. The van der Waals surface area contributed by atoms with E-state index in [0.29, 0.717) is 0 Å². The SMILES string of the molecule is C/C=C/CCC(F)(F)C(F)(F)C(F)(F)C(F)(F)C(F)(F)C(F)(F)CCC(CO)CO. The van der Waals surface area contributed by atoms with Gasteiger partial charge in [-0.3, -0.25) is 0 Å². The van der Waals surface area contributed by atoms with Crippen molar-refractivity contribution in [3.05, 3.63) is 12.2 Å². The van der Waals surface area contributed by atoms with E-state index in [1.165, 1.54) is 6.92 Å². The third-order valence-electron chi connectivity index (χ3n) is 4.35. The van der Waals surface area contributed by atoms with Gasteiger partial charge < -0.3 is 10.2 Å². The third kappa shape index (κ3) is 5.00. The predicted octanol–water partition coefficient (Wildman–Crippen LogP) is 5.54. The highest BCUT2D eigenvalue weighted by molar-refractivity contribution is 5.11. The molecular weight excluding hydrogens is 452 g/mol. The minimum absolute atomic E-state index is 0.780. The molecule has 0 unspecified atom stereocenters. The molecule has 0 rings (SSSR count). The maximum atomic E-state index is 13.7. The van der Waals surface area contributed by atoms with Crippen LogP contribution in [0.1, 0.15) is 32.6 Å². The Morgan fingerprint density at radius 3 is 1.33 bits per heavy atom. The third-order valence-corrected chi connectivity index (χ3v) is 4.35. The lowest BCUT2D eigenvalue weighted by molar-refractivity contribution is -0.425. The lowest BCUT2D eigenvalue weighted by atomic mass is 9.88. The first-order valence-corrected chi connectivity index (χ1v) is 8.40. The van der Waals surface area contributed by atoms with Gasteiger partial charge in [-0.15, -0.1) is 0 Å². The Kier molecular flexibility index (Phi) is 9.16. The number of hydrogen-bond acceptors (Lipinski definition) is 2. The zero-order chi connectivity index (χ0) is 24.2. The smallest absolute Gasteiger partial charge is 0.384 e. The molecule has 0 fully saturated rings. The zero-order valence-corrected chi connectivity index (χ0v) is 15.4. The molecular formula is C16H20F12O2. The van der Waals surface area contributed by atoms with Gasteiger partial charge in [0, 0.05) is 32.0 Å². The van der Waals surface area contributed by atoms with E-state index in [-0.39, 0.29) is 0 Å². The van der Waals surface area contributed by atoms with E-state index in [0.717, 1.165) is 12.2 Å². The predicted molar refractivity (Wildman–Crippen MR) is 80.6 cm³/mol. The number of aliphatic hydroxyl groups excluding tert-OH is 2. The van der Waals surface area contributed by atoms with Gasteiger partial charge in [-0.25, -0.2) is 0 Å². The largest absolute Gasteiger partial charge is 0.396 e. The summed E-state index contributed by atoms with van der Waals surface area (Å²) in [4.78, 5) is 0. The van der Waals surface area contributed by atoms with Crippen LogP contribution in [0.5, 0.6) is 0 Å². The van der Waals surface area contributed by atoms with Gasteiger partial charge in [0.1, 0.15) is 0 Å². The molecule has 30 heavy (non-hydrogen) atoms. The highest BCUT2D eigenvalue weighted by atomic mass is 19.4. The van der Waals surface area contributed by atoms with E-state index in [4.69, 9.17) is 10.2 Å². The van der Waals surface area contributed by atoms with E-state index >= 15 is 0 Å². The van der Waals surface area contributed by atoms with Crippen LogP contribution in [0.4, 0.5) is 52.7 Å². The van der Waals surface area contributed by atoms with Crippen LogP contribution < -0.4 is 0 Å². The average molecular weight is 472 g/mol. The van der Waals surface area contributed by atoms with Gasteiger partial charge in [-0.05, 0) is 19.8 Å². The fraction of sp³-hybridized carbons (Fsp3) is 0.875. The lowest BCUT2D eigenvalue weighted by Crippen LogP contribution is -2.70. The first-order chi connectivity index (χ1) is 13.3. The fourth-order valence-electron chi connectivity index (χ4n) is 2.22. The first-order valence-electron chi connectivity index (χ1n) is 8.40. The molecule has 0 amide bonds. The molecule has 0 heterocycles. The summed E-state index contributed by atoms with van der Waals surface area (Å²) in [7, 11) is 0. The molecule has 0 aromatic carbocycles. The Morgan fingerprint density at radius 1 is 0.633 bits per heavy atom. The number of aliphatic hydroxyl groups is 2. The number of hydrogen-bond donors (Lipinski definition) is 2. The maximum absolute atomic E-state index is 13.7. The van der Waals surface area contributed by atoms with E-state index in [9.17, 15) is 52.7 Å². The van der Waals surface area contributed by atoms with Crippen molar-refractivity contribution >= 4 is 0 Å². The molecule has 0 aliphatic heterocycles. The van der Waals surface area contributed by atoms with E-state index < -0.39 is 80.4 Å². The fourth-order valence-corrected chi connectivity index (χ4v) is 2.22. The molecule has 2 N–H and O–H groups in total. The summed E-state index contributed by atoms with van der Waals surface area (Å²) >= 11 is 0. The Bertz CT molecular complexity index is 571. The van der Waals surface area contributed by atoms with Crippen molar-refractivity contribution in [1.82, 2.24) is 0 Å². The summed E-state index contributed by atoms with van der Waals surface area (Å²) in [5.41, 5.74) is 0. The molecule has 0 spiro atoms. The number of alkyl halides is 12. The summed E-state index contributed by atoms with van der Waals surface area (Å²) in [6.07, 6.45) is -4.97. The summed E-state index contributed by atoms with van der Waals surface area (Å²) in [6, 6.07) is 0. The monoisotopic (exact) mass is 472 g/mol. The summed E-state index contributed by atoms with van der Waals surface area (Å²) < 4.78 is 163. The van der Waals surface area contributed by atoms with Crippen LogP contribution in [0.15, 0.2) is 12.2 Å². The second-order valence-corrected chi connectivity index (χ2v) is 6.58. The van der Waals surface area contributed by atoms with Crippen molar-refractivity contribution in [2.75, 3.05) is 13.2 Å². The van der Waals surface area contributed by atoms with Crippen molar-refractivity contribution in [3.8, 4) is 0 Å². The average Bonchev–Trinajstić information content (AvgIpc) is 2.61. The Hall–Kier alpha value is -1.18. The Morgan fingerprint density at radius 2 is 1.00 bits per heavy atom. The second kappa shape index (κ2) is 9.53. The normalized spacial score (nSPS) is 15.5. The molecule has 0 aliphatic carbocycles. The van der Waals surface area contributed by atoms with Gasteiger partial charge in [0.15, 0.2) is 0 Å². The molecule has 0 aromatic rings. The van der Waals surface area contributed by atoms with Crippen LogP contribution in [-0.2, 0) is 0 Å². The van der Waals surface area contributed by atoms with E-state index in [2.05, 4.69) is 0 Å². The van der Waals surface area contributed by atoms with E-state index in [1.54, 1.807) is 0 Å². The lowest BCUT2D eigenvalue weighted by Gasteiger charge is -2.41. The highest BCUT2D eigenvalue weighted by Crippen LogP contribution is 2.61. The van der Waals surface area contributed by atoms with Crippen molar-refractivity contribution in [2.45, 2.75) is 68.1 Å². The van der Waals surface area contributed by atoms with Crippen LogP contribution in [0.2, 0.25) is 0 Å². The maximum Gasteiger partial charge on any atom is 0.384 e. The van der Waals surface area contributed by atoms with Crippen molar-refractivity contribution in [3.63, 3.8) is 0 Å². The summed E-state index contributed by atoms with van der Waals surface area (Å²) in [5.74, 6) is -43.0. The topological polar surface area (TPSA) is 40.5 Å². The molecule has 0 saturated heterocycles. The highest BCUT2D eigenvalue weighted by Gasteiger charge is 2.89. The molecule has 2 nitrogen and oxygen atoms in total. The minimum Gasteiger partial charge on any atom is -0.396 e. The second-order valence-electron chi connectivity index (χ2n) is 6.58. The molecule has 0 radical (unpaired) electrons. The van der Waals surface area contributed by atoms with Crippen LogP contribution in [-0.4, -0.2) is 59.0 Å². The summed E-state index contributed by atoms with van der Waals surface area (Å²) in [5, 5.41) is 17.3. The van der Waals surface area contributed by atoms with Crippen molar-refractivity contribution < 1.29 is 62.9 Å². The van der Waals surface area contributed by atoms with E-state index in [1.807, 2.05) is 0 Å². The van der Waals surface area contributed by atoms with Gasteiger partial charge in [0.25, 0.3) is 0 Å². The number of halogens is 12. The Labute approximate surface area is 163 Å². The Balaban J connectivity index is 6.02. The van der Waals surface area contributed by atoms with Crippen LogP contribution >= 0.6 is 0 Å². The molecule has 0 saturated carbocycles. The van der Waals surface area contributed by atoms with Crippen LogP contribution in [0.3, 0.4) is 0 Å². The first kappa shape index (κ1) is 28.8. The standard InChI is InChI=1S/C16H20F12O2/c1-2-3-4-6-11(17,18)13(21,22)15(25,26)16(27,28)14(23,24)12(19,20)7-5-10(8-29)9-30/h2-3,10,29-30H,4-9H2,1H3/b3-2+. The number of allylic oxidation sites excluding steroid dienone is 2. The molecule has 0 bridgehead atoms. The molecule has 0 atom stereocenters.